The Morgan fingerprint density at radius 1 is 1.25 bits per heavy atom. The number of aryl methyl sites for hydroxylation is 2. The Balaban J connectivity index is 1.66. The molecule has 0 aliphatic heterocycles. The predicted octanol–water partition coefficient (Wildman–Crippen LogP) is 3.58. The van der Waals surface area contributed by atoms with Crippen molar-refractivity contribution in [1.82, 2.24) is 15.1 Å². The molecule has 112 valence electrons. The molecule has 1 aromatic rings. The third-order valence-electron chi connectivity index (χ3n) is 4.97. The first-order valence-corrected chi connectivity index (χ1v) is 8.52. The van der Waals surface area contributed by atoms with Crippen LogP contribution >= 0.6 is 11.6 Å². The highest BCUT2D eigenvalue weighted by Crippen LogP contribution is 2.36. The van der Waals surface area contributed by atoms with Gasteiger partial charge in [0.2, 0.25) is 0 Å². The molecule has 0 spiro atoms. The number of hydrogen-bond acceptors (Lipinski definition) is 2. The normalized spacial score (nSPS) is 26.4. The van der Waals surface area contributed by atoms with E-state index in [9.17, 15) is 0 Å². The van der Waals surface area contributed by atoms with Crippen molar-refractivity contribution in [2.45, 2.75) is 65.0 Å². The monoisotopic (exact) mass is 295 g/mol. The fourth-order valence-electron chi connectivity index (χ4n) is 3.57. The lowest BCUT2D eigenvalue weighted by Gasteiger charge is -2.20. The Morgan fingerprint density at radius 3 is 2.70 bits per heavy atom. The van der Waals surface area contributed by atoms with Crippen LogP contribution in [0.15, 0.2) is 0 Å². The van der Waals surface area contributed by atoms with Crippen LogP contribution in [0.25, 0.3) is 0 Å². The van der Waals surface area contributed by atoms with Crippen LogP contribution in [0.5, 0.6) is 0 Å². The SMILES string of the molecule is CCn1nc(C)c(Cl)c1CC1CCCC1CNC1CC1. The zero-order chi connectivity index (χ0) is 14.1. The van der Waals surface area contributed by atoms with Crippen molar-refractivity contribution in [2.24, 2.45) is 11.8 Å². The van der Waals surface area contributed by atoms with E-state index in [1.54, 1.807) is 0 Å². The second kappa shape index (κ2) is 6.07. The molecule has 0 bridgehead atoms. The van der Waals surface area contributed by atoms with Crippen molar-refractivity contribution in [2.75, 3.05) is 6.54 Å². The molecule has 0 amide bonds. The van der Waals surface area contributed by atoms with Gasteiger partial charge in [0.1, 0.15) is 0 Å². The van der Waals surface area contributed by atoms with Gasteiger partial charge in [0.15, 0.2) is 0 Å². The van der Waals surface area contributed by atoms with E-state index in [1.165, 1.54) is 44.3 Å². The molecule has 0 saturated heterocycles. The summed E-state index contributed by atoms with van der Waals surface area (Å²) in [6, 6.07) is 0.822. The molecule has 2 saturated carbocycles. The van der Waals surface area contributed by atoms with E-state index >= 15 is 0 Å². The molecule has 2 atom stereocenters. The Hall–Kier alpha value is -0.540. The van der Waals surface area contributed by atoms with Crippen LogP contribution < -0.4 is 5.32 Å². The number of halogens is 1. The lowest BCUT2D eigenvalue weighted by molar-refractivity contribution is 0.356. The van der Waals surface area contributed by atoms with Crippen LogP contribution in [0.4, 0.5) is 0 Å². The van der Waals surface area contributed by atoms with Crippen LogP contribution in [0, 0.1) is 18.8 Å². The van der Waals surface area contributed by atoms with E-state index in [0.29, 0.717) is 0 Å². The summed E-state index contributed by atoms with van der Waals surface area (Å²) in [5, 5.41) is 9.15. The number of nitrogens with one attached hydrogen (secondary N) is 1. The van der Waals surface area contributed by atoms with E-state index in [0.717, 1.165) is 41.6 Å². The minimum absolute atomic E-state index is 0.778. The van der Waals surface area contributed by atoms with Gasteiger partial charge in [-0.25, -0.2) is 0 Å². The second-order valence-corrected chi connectivity index (χ2v) is 6.88. The summed E-state index contributed by atoms with van der Waals surface area (Å²) in [7, 11) is 0. The maximum atomic E-state index is 6.46. The van der Waals surface area contributed by atoms with Crippen LogP contribution in [0.3, 0.4) is 0 Å². The van der Waals surface area contributed by atoms with E-state index in [-0.39, 0.29) is 0 Å². The van der Waals surface area contributed by atoms with Crippen molar-refractivity contribution in [3.05, 3.63) is 16.4 Å². The third-order valence-corrected chi connectivity index (χ3v) is 5.46. The van der Waals surface area contributed by atoms with Crippen molar-refractivity contribution < 1.29 is 0 Å². The molecule has 4 heteroatoms. The molecule has 3 rings (SSSR count). The molecular weight excluding hydrogens is 270 g/mol. The standard InChI is InChI=1S/C16H26ClN3/c1-3-20-15(16(17)11(2)19-20)9-12-5-4-6-13(12)10-18-14-7-8-14/h12-14,18H,3-10H2,1-2H3. The molecule has 2 unspecified atom stereocenters. The number of hydrogen-bond donors (Lipinski definition) is 1. The van der Waals surface area contributed by atoms with Gasteiger partial charge in [0.25, 0.3) is 0 Å². The van der Waals surface area contributed by atoms with Gasteiger partial charge in [0, 0.05) is 12.6 Å². The first-order valence-electron chi connectivity index (χ1n) is 8.14. The van der Waals surface area contributed by atoms with Gasteiger partial charge in [-0.2, -0.15) is 5.10 Å². The largest absolute Gasteiger partial charge is 0.314 e. The highest BCUT2D eigenvalue weighted by molar-refractivity contribution is 6.31. The van der Waals surface area contributed by atoms with E-state index < -0.39 is 0 Å². The predicted molar refractivity (Wildman–Crippen MR) is 83.2 cm³/mol. The Morgan fingerprint density at radius 2 is 2.00 bits per heavy atom. The summed E-state index contributed by atoms with van der Waals surface area (Å²) >= 11 is 6.46. The highest BCUT2D eigenvalue weighted by atomic mass is 35.5. The zero-order valence-corrected chi connectivity index (χ0v) is 13.4. The summed E-state index contributed by atoms with van der Waals surface area (Å²) in [6.45, 7) is 6.28. The minimum Gasteiger partial charge on any atom is -0.314 e. The molecule has 20 heavy (non-hydrogen) atoms. The van der Waals surface area contributed by atoms with E-state index in [4.69, 9.17) is 11.6 Å². The van der Waals surface area contributed by atoms with Crippen LogP contribution in [-0.4, -0.2) is 22.4 Å². The summed E-state index contributed by atoms with van der Waals surface area (Å²) in [5.41, 5.74) is 2.24. The van der Waals surface area contributed by atoms with E-state index in [1.807, 2.05) is 6.92 Å². The second-order valence-electron chi connectivity index (χ2n) is 6.50. The van der Waals surface area contributed by atoms with Crippen molar-refractivity contribution in [3.8, 4) is 0 Å². The number of aromatic nitrogens is 2. The average molecular weight is 296 g/mol. The van der Waals surface area contributed by atoms with Gasteiger partial charge in [-0.15, -0.1) is 0 Å². The number of rotatable bonds is 6. The summed E-state index contributed by atoms with van der Waals surface area (Å²) < 4.78 is 2.10. The van der Waals surface area contributed by atoms with Gasteiger partial charge >= 0.3 is 0 Å². The van der Waals surface area contributed by atoms with Crippen LogP contribution in [0.1, 0.15) is 50.4 Å². The van der Waals surface area contributed by atoms with Gasteiger partial charge in [-0.3, -0.25) is 4.68 Å². The van der Waals surface area contributed by atoms with Crippen molar-refractivity contribution in [1.29, 1.82) is 0 Å². The molecule has 2 aliphatic rings. The first-order chi connectivity index (χ1) is 9.69. The Labute approximate surface area is 127 Å². The molecule has 1 aromatic heterocycles. The summed E-state index contributed by atoms with van der Waals surface area (Å²) in [6.07, 6.45) is 7.96. The van der Waals surface area contributed by atoms with Gasteiger partial charge in [-0.1, -0.05) is 18.0 Å². The third kappa shape index (κ3) is 3.04. The molecule has 1 N–H and O–H groups in total. The smallest absolute Gasteiger partial charge is 0.0847 e. The van der Waals surface area contributed by atoms with Crippen molar-refractivity contribution in [3.63, 3.8) is 0 Å². The van der Waals surface area contributed by atoms with E-state index in [2.05, 4.69) is 22.0 Å². The lowest BCUT2D eigenvalue weighted by atomic mass is 9.91. The van der Waals surface area contributed by atoms with Crippen LogP contribution in [-0.2, 0) is 13.0 Å². The zero-order valence-electron chi connectivity index (χ0n) is 12.7. The fraction of sp³-hybridized carbons (Fsp3) is 0.812. The first kappa shape index (κ1) is 14.4. The minimum atomic E-state index is 0.778. The maximum Gasteiger partial charge on any atom is 0.0847 e. The Bertz CT molecular complexity index is 465. The highest BCUT2D eigenvalue weighted by Gasteiger charge is 2.31. The van der Waals surface area contributed by atoms with Crippen LogP contribution in [0.2, 0.25) is 5.02 Å². The van der Waals surface area contributed by atoms with Gasteiger partial charge in [0.05, 0.1) is 16.4 Å². The van der Waals surface area contributed by atoms with Crippen molar-refractivity contribution >= 4 is 11.6 Å². The Kier molecular flexibility index (Phi) is 4.37. The molecule has 0 aromatic carbocycles. The number of nitrogens with zero attached hydrogens (tertiary/aromatic N) is 2. The summed E-state index contributed by atoms with van der Waals surface area (Å²) in [5.74, 6) is 1.60. The lowest BCUT2D eigenvalue weighted by Crippen LogP contribution is -2.28. The van der Waals surface area contributed by atoms with Gasteiger partial charge in [-0.05, 0) is 64.3 Å². The van der Waals surface area contributed by atoms with Gasteiger partial charge < -0.3 is 5.32 Å². The average Bonchev–Trinajstić information content (AvgIpc) is 3.11. The molecule has 2 aliphatic carbocycles. The quantitative estimate of drug-likeness (QED) is 0.869. The molecule has 2 fully saturated rings. The summed E-state index contributed by atoms with van der Waals surface area (Å²) in [4.78, 5) is 0. The molecular formula is C16H26ClN3. The molecule has 3 nitrogen and oxygen atoms in total. The topological polar surface area (TPSA) is 29.9 Å². The molecule has 0 radical (unpaired) electrons. The molecule has 1 heterocycles. The maximum absolute atomic E-state index is 6.46. The fourth-order valence-corrected chi connectivity index (χ4v) is 3.78.